The molecule has 0 spiro atoms. The van der Waals surface area contributed by atoms with Gasteiger partial charge in [-0.15, -0.1) is 0 Å². The number of rotatable bonds is 8. The molecule has 1 aromatic carbocycles. The maximum atomic E-state index is 12.3. The van der Waals surface area contributed by atoms with Crippen LogP contribution in [-0.2, 0) is 11.2 Å². The summed E-state index contributed by atoms with van der Waals surface area (Å²) in [5, 5.41) is 12.5. The second kappa shape index (κ2) is 10.8. The molecule has 2 rings (SSSR count). The Hall–Kier alpha value is -1.63. The predicted molar refractivity (Wildman–Crippen MR) is 112 cm³/mol. The summed E-state index contributed by atoms with van der Waals surface area (Å²) in [6.07, 6.45) is 5.37. The van der Waals surface area contributed by atoms with Gasteiger partial charge in [0.15, 0.2) is 0 Å². The Labute approximate surface area is 169 Å². The Bertz CT molecular complexity index is 582. The van der Waals surface area contributed by atoms with Crippen LogP contribution in [0.5, 0.6) is 0 Å². The molecule has 1 saturated carbocycles. The van der Waals surface area contributed by atoms with Crippen molar-refractivity contribution < 1.29 is 14.6 Å². The summed E-state index contributed by atoms with van der Waals surface area (Å²) in [5.74, 6) is 0.515. The average Bonchev–Trinajstić information content (AvgIpc) is 2.61. The molecular weight excluding hydrogens is 354 g/mol. The van der Waals surface area contributed by atoms with Crippen molar-refractivity contribution in [1.29, 1.82) is 0 Å². The van der Waals surface area contributed by atoms with Crippen molar-refractivity contribution in [1.82, 2.24) is 10.4 Å². The number of hydrogen-bond acceptors (Lipinski definition) is 5. The van der Waals surface area contributed by atoms with Gasteiger partial charge in [0, 0.05) is 19.1 Å². The zero-order valence-electron chi connectivity index (χ0n) is 17.6. The molecule has 0 aliphatic heterocycles. The normalized spacial score (nSPS) is 17.9. The van der Waals surface area contributed by atoms with Crippen LogP contribution in [0.4, 0.5) is 4.79 Å². The lowest BCUT2D eigenvalue weighted by Gasteiger charge is -2.33. The van der Waals surface area contributed by atoms with E-state index in [4.69, 9.17) is 10.5 Å². The van der Waals surface area contributed by atoms with Crippen molar-refractivity contribution in [2.24, 2.45) is 11.7 Å². The molecule has 0 aromatic heterocycles. The van der Waals surface area contributed by atoms with Gasteiger partial charge in [0.05, 0.1) is 6.10 Å². The molecule has 0 bridgehead atoms. The first-order chi connectivity index (χ1) is 13.2. The molecule has 0 radical (unpaired) electrons. The van der Waals surface area contributed by atoms with Gasteiger partial charge < -0.3 is 15.6 Å². The van der Waals surface area contributed by atoms with Crippen molar-refractivity contribution in [3.05, 3.63) is 35.9 Å². The average molecular weight is 392 g/mol. The molecule has 1 amide bonds. The molecule has 158 valence electrons. The smallest absolute Gasteiger partial charge is 0.422 e. The molecule has 0 heterocycles. The Morgan fingerprint density at radius 3 is 2.50 bits per heavy atom. The lowest BCUT2D eigenvalue weighted by atomic mass is 9.89. The number of benzene rings is 1. The first-order valence-corrected chi connectivity index (χ1v) is 10.4. The molecule has 6 heteroatoms. The summed E-state index contributed by atoms with van der Waals surface area (Å²) in [5.41, 5.74) is 9.59. The van der Waals surface area contributed by atoms with E-state index in [1.165, 1.54) is 19.3 Å². The minimum absolute atomic E-state index is 0.281. The number of hydrazine groups is 1. The minimum Gasteiger partial charge on any atom is -0.443 e. The summed E-state index contributed by atoms with van der Waals surface area (Å²) < 4.78 is 5.39. The van der Waals surface area contributed by atoms with Crippen LogP contribution in [0.15, 0.2) is 30.3 Å². The topological polar surface area (TPSA) is 87.8 Å². The number of amides is 1. The van der Waals surface area contributed by atoms with E-state index in [1.54, 1.807) is 5.01 Å². The summed E-state index contributed by atoms with van der Waals surface area (Å²) in [6, 6.07) is 9.50. The fourth-order valence-corrected chi connectivity index (χ4v) is 3.66. The molecular formula is C22H37N3O3. The monoisotopic (exact) mass is 391 g/mol. The number of hydrogen-bond donors (Lipinski definition) is 3. The third-order valence-electron chi connectivity index (χ3n) is 5.07. The predicted octanol–water partition coefficient (Wildman–Crippen LogP) is 3.24. The van der Waals surface area contributed by atoms with Crippen LogP contribution in [0, 0.1) is 5.92 Å². The molecule has 1 aliphatic carbocycles. The van der Waals surface area contributed by atoms with Gasteiger partial charge in [-0.05, 0) is 51.5 Å². The minimum atomic E-state index is -0.751. The molecule has 0 unspecified atom stereocenters. The van der Waals surface area contributed by atoms with Crippen molar-refractivity contribution in [3.63, 3.8) is 0 Å². The largest absolute Gasteiger partial charge is 0.443 e. The van der Waals surface area contributed by atoms with Crippen LogP contribution in [0.3, 0.4) is 0 Å². The Morgan fingerprint density at radius 1 is 1.25 bits per heavy atom. The van der Waals surface area contributed by atoms with E-state index in [1.807, 2.05) is 51.1 Å². The molecule has 1 fully saturated rings. The second-order valence-corrected chi connectivity index (χ2v) is 8.94. The van der Waals surface area contributed by atoms with Crippen molar-refractivity contribution in [2.45, 2.75) is 77.0 Å². The highest BCUT2D eigenvalue weighted by Gasteiger charge is 2.25. The van der Waals surface area contributed by atoms with E-state index < -0.39 is 23.8 Å². The molecule has 6 nitrogen and oxygen atoms in total. The fraction of sp³-hybridized carbons (Fsp3) is 0.682. The van der Waals surface area contributed by atoms with Gasteiger partial charge in [-0.1, -0.05) is 49.6 Å². The molecule has 1 aromatic rings. The Kier molecular flexibility index (Phi) is 8.73. The SMILES string of the molecule is CC(C)(C)OC(=O)NN(CC1CCCCC1)C[C@@H](O)[C@@H](N)Cc1ccccc1. The van der Waals surface area contributed by atoms with Crippen LogP contribution in [0.1, 0.15) is 58.4 Å². The van der Waals surface area contributed by atoms with Gasteiger partial charge in [0.1, 0.15) is 5.60 Å². The zero-order valence-corrected chi connectivity index (χ0v) is 17.6. The number of aliphatic hydroxyl groups is 1. The molecule has 0 saturated heterocycles. The van der Waals surface area contributed by atoms with E-state index in [2.05, 4.69) is 5.43 Å². The first-order valence-electron chi connectivity index (χ1n) is 10.4. The molecule has 4 N–H and O–H groups in total. The molecule has 2 atom stereocenters. The van der Waals surface area contributed by atoms with Gasteiger partial charge in [-0.25, -0.2) is 9.80 Å². The number of aliphatic hydroxyl groups excluding tert-OH is 1. The van der Waals surface area contributed by atoms with E-state index in [9.17, 15) is 9.90 Å². The van der Waals surface area contributed by atoms with E-state index in [-0.39, 0.29) is 6.54 Å². The number of carbonyl (C=O) groups is 1. The van der Waals surface area contributed by atoms with Gasteiger partial charge >= 0.3 is 6.09 Å². The lowest BCUT2D eigenvalue weighted by molar-refractivity contribution is 0.0133. The highest BCUT2D eigenvalue weighted by molar-refractivity contribution is 5.67. The van der Waals surface area contributed by atoms with Crippen molar-refractivity contribution >= 4 is 6.09 Å². The highest BCUT2D eigenvalue weighted by atomic mass is 16.6. The summed E-state index contributed by atoms with van der Waals surface area (Å²) >= 11 is 0. The van der Waals surface area contributed by atoms with Crippen LogP contribution in [0.2, 0.25) is 0 Å². The van der Waals surface area contributed by atoms with Crippen LogP contribution >= 0.6 is 0 Å². The summed E-state index contributed by atoms with van der Waals surface area (Å²) in [7, 11) is 0. The maximum Gasteiger partial charge on any atom is 0.422 e. The third-order valence-corrected chi connectivity index (χ3v) is 5.07. The quantitative estimate of drug-likeness (QED) is 0.592. The van der Waals surface area contributed by atoms with E-state index in [0.717, 1.165) is 18.4 Å². The molecule has 28 heavy (non-hydrogen) atoms. The number of ether oxygens (including phenoxy) is 1. The van der Waals surface area contributed by atoms with Gasteiger partial charge in [0.2, 0.25) is 0 Å². The number of nitrogens with zero attached hydrogens (tertiary/aromatic N) is 1. The fourth-order valence-electron chi connectivity index (χ4n) is 3.66. The Morgan fingerprint density at radius 2 is 1.89 bits per heavy atom. The lowest BCUT2D eigenvalue weighted by Crippen LogP contribution is -2.53. The van der Waals surface area contributed by atoms with Gasteiger partial charge in [0.25, 0.3) is 0 Å². The van der Waals surface area contributed by atoms with Crippen molar-refractivity contribution in [2.75, 3.05) is 13.1 Å². The standard InChI is InChI=1S/C22H37N3O3/c1-22(2,3)28-21(27)24-25(15-18-12-8-5-9-13-18)16-20(26)19(23)14-17-10-6-4-7-11-17/h4,6-7,10-11,18-20,26H,5,8-9,12-16,23H2,1-3H3,(H,24,27)/t19-,20+/m0/s1. The zero-order chi connectivity index (χ0) is 20.6. The third kappa shape index (κ3) is 8.59. The van der Waals surface area contributed by atoms with Crippen molar-refractivity contribution in [3.8, 4) is 0 Å². The van der Waals surface area contributed by atoms with Gasteiger partial charge in [-0.2, -0.15) is 0 Å². The van der Waals surface area contributed by atoms with Gasteiger partial charge in [-0.3, -0.25) is 5.43 Å². The van der Waals surface area contributed by atoms with Crippen LogP contribution in [-0.4, -0.2) is 47.0 Å². The van der Waals surface area contributed by atoms with Crippen LogP contribution in [0.25, 0.3) is 0 Å². The highest BCUT2D eigenvalue weighted by Crippen LogP contribution is 2.24. The number of nitrogens with two attached hydrogens (primary N) is 1. The van der Waals surface area contributed by atoms with Crippen LogP contribution < -0.4 is 11.2 Å². The first kappa shape index (κ1) is 22.7. The molecule has 1 aliphatic rings. The second-order valence-electron chi connectivity index (χ2n) is 8.94. The number of nitrogens with one attached hydrogen (secondary N) is 1. The summed E-state index contributed by atoms with van der Waals surface area (Å²) in [4.78, 5) is 12.3. The maximum absolute atomic E-state index is 12.3. The van der Waals surface area contributed by atoms with E-state index in [0.29, 0.717) is 18.9 Å². The van der Waals surface area contributed by atoms with E-state index >= 15 is 0 Å². The summed E-state index contributed by atoms with van der Waals surface area (Å²) in [6.45, 7) is 6.49. The number of carbonyl (C=O) groups excluding carboxylic acids is 1. The Balaban J connectivity index is 1.95.